The second-order valence-electron chi connectivity index (χ2n) is 7.28. The molecule has 0 spiro atoms. The summed E-state index contributed by atoms with van der Waals surface area (Å²) >= 11 is 0. The average Bonchev–Trinajstić information content (AvgIpc) is 3.01. The van der Waals surface area contributed by atoms with Crippen molar-refractivity contribution in [3.05, 3.63) is 0 Å². The normalized spacial score (nSPS) is 23.3. The van der Waals surface area contributed by atoms with Gasteiger partial charge in [0.1, 0.15) is 0 Å². The maximum absolute atomic E-state index is 12.3. The van der Waals surface area contributed by atoms with Crippen LogP contribution in [0.2, 0.25) is 0 Å². The van der Waals surface area contributed by atoms with Gasteiger partial charge in [0.25, 0.3) is 0 Å². The molecule has 0 aromatic carbocycles. The molecule has 6 nitrogen and oxygen atoms in total. The molecule has 2 fully saturated rings. The molecule has 1 N–H and O–H groups in total. The smallest absolute Gasteiger partial charge is 0.317 e. The highest BCUT2D eigenvalue weighted by atomic mass is 16.2. The van der Waals surface area contributed by atoms with Crippen molar-refractivity contribution in [1.29, 1.82) is 0 Å². The fraction of sp³-hybridized carbons (Fsp3) is 0.882. The van der Waals surface area contributed by atoms with Gasteiger partial charge < -0.3 is 20.0 Å². The molecule has 0 aromatic heterocycles. The summed E-state index contributed by atoms with van der Waals surface area (Å²) in [4.78, 5) is 29.9. The van der Waals surface area contributed by atoms with Crippen LogP contribution in [0.15, 0.2) is 0 Å². The largest absolute Gasteiger partial charge is 0.343 e. The Hall–Kier alpha value is -1.30. The van der Waals surface area contributed by atoms with Crippen LogP contribution in [0.3, 0.4) is 0 Å². The van der Waals surface area contributed by atoms with Gasteiger partial charge in [-0.3, -0.25) is 4.79 Å². The van der Waals surface area contributed by atoms with E-state index in [4.69, 9.17) is 0 Å². The zero-order valence-electron chi connectivity index (χ0n) is 15.0. The molecule has 0 bridgehead atoms. The van der Waals surface area contributed by atoms with Crippen LogP contribution in [0.5, 0.6) is 0 Å². The van der Waals surface area contributed by atoms with Crippen molar-refractivity contribution in [3.8, 4) is 0 Å². The molecule has 1 atom stereocenters. The van der Waals surface area contributed by atoms with E-state index in [2.05, 4.69) is 24.1 Å². The minimum atomic E-state index is 0.0527. The summed E-state index contributed by atoms with van der Waals surface area (Å²) in [5.74, 6) is 0.673. The van der Waals surface area contributed by atoms with Gasteiger partial charge in [-0.2, -0.15) is 0 Å². The molecule has 2 rings (SSSR count). The van der Waals surface area contributed by atoms with Gasteiger partial charge in [0.2, 0.25) is 5.91 Å². The highest BCUT2D eigenvalue weighted by Crippen LogP contribution is 2.18. The molecular formula is C17H32N4O2. The van der Waals surface area contributed by atoms with Crippen LogP contribution in [-0.2, 0) is 4.79 Å². The lowest BCUT2D eigenvalue weighted by atomic mass is 10.0. The van der Waals surface area contributed by atoms with E-state index in [-0.39, 0.29) is 18.0 Å². The van der Waals surface area contributed by atoms with Crippen molar-refractivity contribution >= 4 is 11.9 Å². The number of likely N-dealkylation sites (tertiary alicyclic amines) is 2. The average molecular weight is 324 g/mol. The van der Waals surface area contributed by atoms with E-state index in [0.29, 0.717) is 12.0 Å². The van der Waals surface area contributed by atoms with E-state index < -0.39 is 0 Å². The molecule has 3 amide bonds. The Morgan fingerprint density at radius 1 is 1.17 bits per heavy atom. The minimum Gasteiger partial charge on any atom is -0.343 e. The summed E-state index contributed by atoms with van der Waals surface area (Å²) in [6, 6.07) is 0.913. The number of urea groups is 1. The molecule has 0 aliphatic carbocycles. The zero-order valence-corrected chi connectivity index (χ0v) is 15.0. The number of hydrogen-bond donors (Lipinski definition) is 1. The van der Waals surface area contributed by atoms with Crippen molar-refractivity contribution in [1.82, 2.24) is 20.0 Å². The highest BCUT2D eigenvalue weighted by Gasteiger charge is 2.28. The number of carbonyl (C=O) groups excluding carboxylic acids is 2. The van der Waals surface area contributed by atoms with Crippen LogP contribution in [0.4, 0.5) is 4.79 Å². The number of nitrogens with zero attached hydrogens (tertiary/aromatic N) is 3. The van der Waals surface area contributed by atoms with Gasteiger partial charge in [-0.25, -0.2) is 4.79 Å². The van der Waals surface area contributed by atoms with Gasteiger partial charge in [0.05, 0.1) is 0 Å². The SMILES string of the molecule is CC(=O)N(C)C1CCN(C(=O)NCC2CCN(C(C)C)C2)CC1. The maximum Gasteiger partial charge on any atom is 0.317 e. The number of rotatable bonds is 4. The number of amides is 3. The molecule has 2 heterocycles. The van der Waals surface area contributed by atoms with Gasteiger partial charge in [-0.15, -0.1) is 0 Å². The quantitative estimate of drug-likeness (QED) is 0.850. The summed E-state index contributed by atoms with van der Waals surface area (Å²) in [6.07, 6.45) is 2.91. The molecule has 6 heteroatoms. The van der Waals surface area contributed by atoms with Gasteiger partial charge in [-0.05, 0) is 45.6 Å². The molecule has 0 aromatic rings. The summed E-state index contributed by atoms with van der Waals surface area (Å²) in [5.41, 5.74) is 0. The van der Waals surface area contributed by atoms with Crippen molar-refractivity contribution in [2.24, 2.45) is 5.92 Å². The maximum atomic E-state index is 12.3. The molecule has 23 heavy (non-hydrogen) atoms. The molecule has 2 aliphatic rings. The van der Waals surface area contributed by atoms with E-state index in [1.54, 1.807) is 11.8 Å². The van der Waals surface area contributed by atoms with Crippen molar-refractivity contribution in [2.75, 3.05) is 39.8 Å². The first kappa shape index (κ1) is 18.0. The first-order valence-corrected chi connectivity index (χ1v) is 8.88. The lowest BCUT2D eigenvalue weighted by Gasteiger charge is -2.36. The Morgan fingerprint density at radius 2 is 1.83 bits per heavy atom. The van der Waals surface area contributed by atoms with E-state index in [0.717, 1.165) is 45.6 Å². The number of hydrogen-bond acceptors (Lipinski definition) is 3. The zero-order chi connectivity index (χ0) is 17.0. The number of piperidine rings is 1. The predicted molar refractivity (Wildman–Crippen MR) is 91.3 cm³/mol. The van der Waals surface area contributed by atoms with Crippen LogP contribution < -0.4 is 5.32 Å². The van der Waals surface area contributed by atoms with Crippen LogP contribution in [-0.4, -0.2) is 78.5 Å². The lowest BCUT2D eigenvalue weighted by Crippen LogP contribution is -2.50. The van der Waals surface area contributed by atoms with Crippen LogP contribution in [0.25, 0.3) is 0 Å². The highest BCUT2D eigenvalue weighted by molar-refractivity contribution is 5.75. The third kappa shape index (κ3) is 4.83. The van der Waals surface area contributed by atoms with Crippen molar-refractivity contribution in [2.45, 2.75) is 52.1 Å². The van der Waals surface area contributed by atoms with Crippen molar-refractivity contribution < 1.29 is 9.59 Å². The molecule has 132 valence electrons. The minimum absolute atomic E-state index is 0.0527. The number of nitrogens with one attached hydrogen (secondary N) is 1. The Balaban J connectivity index is 1.69. The standard InChI is InChI=1S/C17H32N4O2/c1-13(2)21-8-5-15(12-21)11-18-17(23)20-9-6-16(7-10-20)19(4)14(3)22/h13,15-16H,5-12H2,1-4H3,(H,18,23). The van der Waals surface area contributed by atoms with E-state index in [9.17, 15) is 9.59 Å². The van der Waals surface area contributed by atoms with Gasteiger partial charge in [0.15, 0.2) is 0 Å². The van der Waals surface area contributed by atoms with Gasteiger partial charge in [0, 0.05) is 52.2 Å². The van der Waals surface area contributed by atoms with E-state index in [1.807, 2.05) is 11.9 Å². The first-order chi connectivity index (χ1) is 10.9. The summed E-state index contributed by atoms with van der Waals surface area (Å²) in [7, 11) is 1.85. The summed E-state index contributed by atoms with van der Waals surface area (Å²) < 4.78 is 0. The van der Waals surface area contributed by atoms with Crippen LogP contribution in [0, 0.1) is 5.92 Å². The summed E-state index contributed by atoms with van der Waals surface area (Å²) in [6.45, 7) is 10.5. The first-order valence-electron chi connectivity index (χ1n) is 8.88. The van der Waals surface area contributed by atoms with Gasteiger partial charge in [-0.1, -0.05) is 0 Å². The van der Waals surface area contributed by atoms with Crippen LogP contribution >= 0.6 is 0 Å². The second-order valence-corrected chi connectivity index (χ2v) is 7.28. The molecule has 1 unspecified atom stereocenters. The molecular weight excluding hydrogens is 292 g/mol. The van der Waals surface area contributed by atoms with Crippen molar-refractivity contribution in [3.63, 3.8) is 0 Å². The van der Waals surface area contributed by atoms with E-state index in [1.165, 1.54) is 6.42 Å². The Morgan fingerprint density at radius 3 is 2.35 bits per heavy atom. The topological polar surface area (TPSA) is 55.9 Å². The lowest BCUT2D eigenvalue weighted by molar-refractivity contribution is -0.130. The molecule has 2 aliphatic heterocycles. The van der Waals surface area contributed by atoms with Crippen LogP contribution in [0.1, 0.15) is 40.0 Å². The molecule has 0 saturated carbocycles. The fourth-order valence-corrected chi connectivity index (χ4v) is 3.56. The van der Waals surface area contributed by atoms with E-state index >= 15 is 0 Å². The Labute approximate surface area is 140 Å². The third-order valence-electron chi connectivity index (χ3n) is 5.39. The predicted octanol–water partition coefficient (Wildman–Crippen LogP) is 1.37. The molecule has 0 radical (unpaired) electrons. The molecule has 2 saturated heterocycles. The summed E-state index contributed by atoms with van der Waals surface area (Å²) in [5, 5.41) is 3.10. The Bertz CT molecular complexity index is 419. The van der Waals surface area contributed by atoms with Gasteiger partial charge >= 0.3 is 6.03 Å². The monoisotopic (exact) mass is 324 g/mol. The Kier molecular flexibility index (Phi) is 6.27. The number of carbonyl (C=O) groups is 2. The fourth-order valence-electron chi connectivity index (χ4n) is 3.56. The second kappa shape index (κ2) is 7.99. The third-order valence-corrected chi connectivity index (χ3v) is 5.39.